The van der Waals surface area contributed by atoms with Gasteiger partial charge in [-0.05, 0) is 22.9 Å². The van der Waals surface area contributed by atoms with Crippen LogP contribution < -0.4 is 0 Å². The summed E-state index contributed by atoms with van der Waals surface area (Å²) in [5.74, 6) is -0.804. The molecule has 0 saturated carbocycles. The van der Waals surface area contributed by atoms with Gasteiger partial charge in [0.25, 0.3) is 0 Å². The van der Waals surface area contributed by atoms with E-state index in [1.807, 2.05) is 12.1 Å². The van der Waals surface area contributed by atoms with Crippen LogP contribution in [0.25, 0.3) is 5.76 Å². The van der Waals surface area contributed by atoms with Gasteiger partial charge in [0.1, 0.15) is 0 Å². The Morgan fingerprint density at radius 1 is 1.36 bits per heavy atom. The summed E-state index contributed by atoms with van der Waals surface area (Å²) in [5.41, 5.74) is 1.37. The molecule has 0 fully saturated rings. The topological polar surface area (TPSA) is 122 Å². The first-order chi connectivity index (χ1) is 10.7. The molecule has 3 aromatic heterocycles. The number of carbonyl (C=O) groups excluding carboxylic acids is 1. The molecule has 110 valence electrons. The summed E-state index contributed by atoms with van der Waals surface area (Å²) in [4.78, 5) is 16.0. The third-order valence-electron chi connectivity index (χ3n) is 2.85. The number of tetrazole rings is 1. The largest absolute Gasteiger partial charge is 0.504 e. The number of nitrogens with zero attached hydrogens (tertiary/aromatic N) is 6. The van der Waals surface area contributed by atoms with Gasteiger partial charge in [-0.25, -0.2) is 0 Å². The fraction of sp³-hybridized carbons (Fsp3) is 0.0769. The van der Waals surface area contributed by atoms with Crippen molar-refractivity contribution < 1.29 is 9.90 Å². The zero-order valence-electron chi connectivity index (χ0n) is 11.3. The van der Waals surface area contributed by atoms with Crippen LogP contribution in [-0.2, 0) is 6.54 Å². The van der Waals surface area contributed by atoms with E-state index in [0.29, 0.717) is 12.1 Å². The predicted molar refractivity (Wildman–Crippen MR) is 74.7 cm³/mol. The van der Waals surface area contributed by atoms with Crippen molar-refractivity contribution in [3.63, 3.8) is 0 Å². The molecule has 0 bridgehead atoms. The van der Waals surface area contributed by atoms with E-state index in [1.54, 1.807) is 23.3 Å². The van der Waals surface area contributed by atoms with Gasteiger partial charge in [0.2, 0.25) is 5.82 Å². The molecule has 0 unspecified atom stereocenters. The van der Waals surface area contributed by atoms with Gasteiger partial charge < -0.3 is 5.11 Å². The quantitative estimate of drug-likeness (QED) is 0.402. The minimum atomic E-state index is -0.400. The molecule has 0 spiro atoms. The molecule has 0 aliphatic rings. The van der Waals surface area contributed by atoms with Crippen LogP contribution in [0.2, 0.25) is 0 Å². The number of hydrogen-bond acceptors (Lipinski definition) is 7. The van der Waals surface area contributed by atoms with Crippen molar-refractivity contribution in [3.05, 3.63) is 59.9 Å². The highest BCUT2D eigenvalue weighted by Crippen LogP contribution is 2.08. The molecule has 0 aliphatic heterocycles. The van der Waals surface area contributed by atoms with E-state index in [4.69, 9.17) is 0 Å². The van der Waals surface area contributed by atoms with Crippen LogP contribution in [0.15, 0.2) is 43.0 Å². The number of aromatic nitrogens is 7. The van der Waals surface area contributed by atoms with Crippen molar-refractivity contribution >= 4 is 11.5 Å². The Hall–Kier alpha value is -3.36. The van der Waals surface area contributed by atoms with E-state index in [2.05, 4.69) is 30.7 Å². The second kappa shape index (κ2) is 5.95. The van der Waals surface area contributed by atoms with Crippen LogP contribution in [0.4, 0.5) is 0 Å². The Morgan fingerprint density at radius 2 is 2.18 bits per heavy atom. The van der Waals surface area contributed by atoms with Gasteiger partial charge in [-0.3, -0.25) is 14.5 Å². The Labute approximate surface area is 124 Å². The van der Waals surface area contributed by atoms with E-state index < -0.39 is 5.78 Å². The molecular formula is C13H11N7O2. The summed E-state index contributed by atoms with van der Waals surface area (Å²) >= 11 is 0. The number of hydrogen-bond donors (Lipinski definition) is 2. The number of aliphatic hydroxyl groups is 1. The maximum absolute atomic E-state index is 12.0. The molecule has 0 radical (unpaired) electrons. The Bertz CT molecular complexity index is 793. The summed E-state index contributed by atoms with van der Waals surface area (Å²) < 4.78 is 1.63. The van der Waals surface area contributed by atoms with Gasteiger partial charge in [0.05, 0.1) is 18.3 Å². The lowest BCUT2D eigenvalue weighted by molar-refractivity contribution is 0.104. The standard InChI is InChI=1S/C13H11N7O2/c21-11(5-12(22)13-16-18-19-17-13)10-6-15-20(8-10)7-9-1-3-14-4-2-9/h1-6,8,22H,7H2,(H,16,17,18,19). The van der Waals surface area contributed by atoms with Crippen molar-refractivity contribution in [2.24, 2.45) is 0 Å². The van der Waals surface area contributed by atoms with Crippen molar-refractivity contribution in [2.75, 3.05) is 0 Å². The minimum Gasteiger partial charge on any atom is -0.504 e. The first kappa shape index (κ1) is 13.6. The van der Waals surface area contributed by atoms with E-state index in [0.717, 1.165) is 11.6 Å². The Balaban J connectivity index is 1.73. The van der Waals surface area contributed by atoms with Crippen LogP contribution >= 0.6 is 0 Å². The normalized spacial score (nSPS) is 11.5. The van der Waals surface area contributed by atoms with E-state index in [1.165, 1.54) is 6.20 Å². The maximum atomic E-state index is 12.0. The van der Waals surface area contributed by atoms with Crippen LogP contribution in [-0.4, -0.2) is 46.3 Å². The monoisotopic (exact) mass is 297 g/mol. The molecule has 0 aromatic carbocycles. The zero-order chi connectivity index (χ0) is 15.4. The van der Waals surface area contributed by atoms with Crippen molar-refractivity contribution in [3.8, 4) is 0 Å². The number of aromatic amines is 1. The van der Waals surface area contributed by atoms with Crippen LogP contribution in [0.3, 0.4) is 0 Å². The van der Waals surface area contributed by atoms with Crippen molar-refractivity contribution in [1.82, 2.24) is 35.4 Å². The van der Waals surface area contributed by atoms with Crippen molar-refractivity contribution in [1.29, 1.82) is 0 Å². The second-order valence-electron chi connectivity index (χ2n) is 4.41. The SMILES string of the molecule is O=C(C=C(O)c1nn[nH]n1)c1cnn(Cc2ccncc2)c1. The lowest BCUT2D eigenvalue weighted by Crippen LogP contribution is -2.00. The van der Waals surface area contributed by atoms with E-state index in [9.17, 15) is 9.90 Å². The number of H-pyrrole nitrogens is 1. The van der Waals surface area contributed by atoms with Crippen molar-refractivity contribution in [2.45, 2.75) is 6.54 Å². The lowest BCUT2D eigenvalue weighted by atomic mass is 10.2. The third kappa shape index (κ3) is 3.03. The number of ketones is 1. The minimum absolute atomic E-state index is 0.0440. The summed E-state index contributed by atoms with van der Waals surface area (Å²) in [6.07, 6.45) is 7.44. The maximum Gasteiger partial charge on any atom is 0.239 e. The predicted octanol–water partition coefficient (Wildman–Crippen LogP) is 0.621. The highest BCUT2D eigenvalue weighted by atomic mass is 16.3. The number of pyridine rings is 1. The lowest BCUT2D eigenvalue weighted by Gasteiger charge is -2.00. The Morgan fingerprint density at radius 3 is 2.91 bits per heavy atom. The number of carbonyl (C=O) groups is 1. The summed E-state index contributed by atoms with van der Waals surface area (Å²) in [5, 5.41) is 26.5. The fourth-order valence-electron chi connectivity index (χ4n) is 1.79. The van der Waals surface area contributed by atoms with Gasteiger partial charge in [0, 0.05) is 24.7 Å². The molecule has 0 saturated heterocycles. The highest BCUT2D eigenvalue weighted by Gasteiger charge is 2.11. The first-order valence-electron chi connectivity index (χ1n) is 6.32. The van der Waals surface area contributed by atoms with Gasteiger partial charge >= 0.3 is 0 Å². The summed E-state index contributed by atoms with van der Waals surface area (Å²) in [6, 6.07) is 3.73. The van der Waals surface area contributed by atoms with Gasteiger partial charge in [0.15, 0.2) is 11.5 Å². The number of aliphatic hydroxyl groups excluding tert-OH is 1. The Kier molecular flexibility index (Phi) is 3.69. The van der Waals surface area contributed by atoms with E-state index >= 15 is 0 Å². The second-order valence-corrected chi connectivity index (χ2v) is 4.41. The van der Waals surface area contributed by atoms with Gasteiger partial charge in [-0.15, -0.1) is 10.2 Å². The number of allylic oxidation sites excluding steroid dienone is 1. The smallest absolute Gasteiger partial charge is 0.239 e. The van der Waals surface area contributed by atoms with Gasteiger partial charge in [-0.2, -0.15) is 10.3 Å². The van der Waals surface area contributed by atoms with Crippen LogP contribution in [0.1, 0.15) is 21.7 Å². The summed E-state index contributed by atoms with van der Waals surface area (Å²) in [7, 11) is 0. The molecule has 3 aromatic rings. The van der Waals surface area contributed by atoms with Gasteiger partial charge in [-0.1, -0.05) is 0 Å². The third-order valence-corrected chi connectivity index (χ3v) is 2.85. The highest BCUT2D eigenvalue weighted by molar-refractivity contribution is 6.07. The molecule has 3 heterocycles. The van der Waals surface area contributed by atoms with Crippen LogP contribution in [0, 0.1) is 0 Å². The molecule has 9 heteroatoms. The first-order valence-corrected chi connectivity index (χ1v) is 6.32. The number of rotatable bonds is 5. The molecular weight excluding hydrogens is 286 g/mol. The average Bonchev–Trinajstić information content (AvgIpc) is 3.19. The molecule has 0 amide bonds. The zero-order valence-corrected chi connectivity index (χ0v) is 11.3. The molecule has 3 rings (SSSR count). The molecule has 2 N–H and O–H groups in total. The van der Waals surface area contributed by atoms with Crippen LogP contribution in [0.5, 0.6) is 0 Å². The molecule has 0 atom stereocenters. The molecule has 0 aliphatic carbocycles. The average molecular weight is 297 g/mol. The molecule has 22 heavy (non-hydrogen) atoms. The number of nitrogens with one attached hydrogen (secondary N) is 1. The van der Waals surface area contributed by atoms with E-state index in [-0.39, 0.29) is 11.6 Å². The summed E-state index contributed by atoms with van der Waals surface area (Å²) in [6.45, 7) is 0.524. The molecule has 9 nitrogen and oxygen atoms in total. The fourth-order valence-corrected chi connectivity index (χ4v) is 1.79.